The Bertz CT molecular complexity index is 211. The second-order valence-electron chi connectivity index (χ2n) is 4.00. The van der Waals surface area contributed by atoms with Gasteiger partial charge < -0.3 is 14.8 Å². The number of esters is 1. The summed E-state index contributed by atoms with van der Waals surface area (Å²) in [6.45, 7) is 5.46. The Kier molecular flexibility index (Phi) is 3.94. The lowest BCUT2D eigenvalue weighted by Crippen LogP contribution is -2.46. The van der Waals surface area contributed by atoms with Crippen LogP contribution in [0, 0.1) is 0 Å². The van der Waals surface area contributed by atoms with E-state index in [1.807, 2.05) is 0 Å². The predicted octanol–water partition coefficient (Wildman–Crippen LogP) is -0.776. The highest BCUT2D eigenvalue weighted by molar-refractivity contribution is 5.71. The van der Waals surface area contributed by atoms with Crippen molar-refractivity contribution in [2.45, 2.75) is 12.5 Å². The van der Waals surface area contributed by atoms with Crippen molar-refractivity contribution in [1.29, 1.82) is 0 Å². The molecule has 2 aliphatic heterocycles. The summed E-state index contributed by atoms with van der Waals surface area (Å²) in [5, 5.41) is 3.25. The van der Waals surface area contributed by atoms with Gasteiger partial charge in [0.05, 0.1) is 19.8 Å². The van der Waals surface area contributed by atoms with Gasteiger partial charge >= 0.3 is 5.97 Å². The van der Waals surface area contributed by atoms with Gasteiger partial charge in [-0.2, -0.15) is 0 Å². The Morgan fingerprint density at radius 3 is 2.93 bits per heavy atom. The summed E-state index contributed by atoms with van der Waals surface area (Å²) in [5.74, 6) is -0.118. The molecular formula is C10H18N2O3. The number of nitrogens with zero attached hydrogens (tertiary/aromatic N) is 1. The van der Waals surface area contributed by atoms with Crippen LogP contribution in [0.4, 0.5) is 0 Å². The van der Waals surface area contributed by atoms with Gasteiger partial charge in [-0.3, -0.25) is 9.69 Å². The summed E-state index contributed by atoms with van der Waals surface area (Å²) in [5.41, 5.74) is 0. The van der Waals surface area contributed by atoms with Crippen molar-refractivity contribution in [3.63, 3.8) is 0 Å². The molecular weight excluding hydrogens is 196 g/mol. The molecule has 0 bridgehead atoms. The topological polar surface area (TPSA) is 50.8 Å². The second kappa shape index (κ2) is 5.44. The first-order valence-corrected chi connectivity index (χ1v) is 5.55. The van der Waals surface area contributed by atoms with Crippen LogP contribution in [0.1, 0.15) is 6.42 Å². The normalized spacial score (nSPS) is 27.9. The average Bonchev–Trinajstić information content (AvgIpc) is 2.71. The van der Waals surface area contributed by atoms with Crippen molar-refractivity contribution in [2.24, 2.45) is 0 Å². The fraction of sp³-hybridized carbons (Fsp3) is 0.900. The van der Waals surface area contributed by atoms with E-state index in [2.05, 4.69) is 10.2 Å². The van der Waals surface area contributed by atoms with Crippen molar-refractivity contribution in [3.05, 3.63) is 0 Å². The molecule has 0 aliphatic carbocycles. The zero-order valence-electron chi connectivity index (χ0n) is 8.91. The highest BCUT2D eigenvalue weighted by Gasteiger charge is 2.21. The van der Waals surface area contributed by atoms with Gasteiger partial charge in [-0.25, -0.2) is 0 Å². The van der Waals surface area contributed by atoms with E-state index in [0.717, 1.165) is 32.6 Å². The monoisotopic (exact) mass is 214 g/mol. The molecule has 0 aromatic carbocycles. The van der Waals surface area contributed by atoms with Crippen LogP contribution < -0.4 is 5.32 Å². The molecule has 0 spiro atoms. The molecule has 1 atom stereocenters. The van der Waals surface area contributed by atoms with E-state index in [1.165, 1.54) is 0 Å². The maximum absolute atomic E-state index is 11.5. The van der Waals surface area contributed by atoms with Crippen LogP contribution in [-0.2, 0) is 14.3 Å². The summed E-state index contributed by atoms with van der Waals surface area (Å²) in [6, 6.07) is 0. The zero-order valence-corrected chi connectivity index (χ0v) is 8.91. The maximum atomic E-state index is 11.5. The molecule has 0 saturated carbocycles. The molecule has 2 fully saturated rings. The van der Waals surface area contributed by atoms with Gasteiger partial charge in [0.25, 0.3) is 0 Å². The van der Waals surface area contributed by atoms with Crippen LogP contribution in [0.2, 0.25) is 0 Å². The van der Waals surface area contributed by atoms with Crippen molar-refractivity contribution in [2.75, 3.05) is 45.9 Å². The lowest BCUT2D eigenvalue weighted by molar-refractivity contribution is -0.150. The third kappa shape index (κ3) is 3.44. The molecule has 2 heterocycles. The second-order valence-corrected chi connectivity index (χ2v) is 4.00. The smallest absolute Gasteiger partial charge is 0.320 e. The molecule has 5 heteroatoms. The van der Waals surface area contributed by atoms with Gasteiger partial charge in [0.2, 0.25) is 0 Å². The minimum absolute atomic E-state index is 0.0135. The van der Waals surface area contributed by atoms with Gasteiger partial charge in [-0.05, 0) is 0 Å². The summed E-state index contributed by atoms with van der Waals surface area (Å²) in [6.07, 6.45) is 0.827. The van der Waals surface area contributed by atoms with E-state index < -0.39 is 0 Å². The largest absolute Gasteiger partial charge is 0.459 e. The number of nitrogens with one attached hydrogen (secondary N) is 1. The van der Waals surface area contributed by atoms with E-state index >= 15 is 0 Å². The number of piperazine rings is 1. The molecule has 5 nitrogen and oxygen atoms in total. The number of carbonyl (C=O) groups is 1. The molecule has 2 rings (SSSR count). The van der Waals surface area contributed by atoms with Crippen molar-refractivity contribution in [3.8, 4) is 0 Å². The van der Waals surface area contributed by atoms with Gasteiger partial charge in [-0.15, -0.1) is 0 Å². The molecule has 1 unspecified atom stereocenters. The van der Waals surface area contributed by atoms with E-state index in [9.17, 15) is 4.79 Å². The lowest BCUT2D eigenvalue weighted by Gasteiger charge is -2.26. The fourth-order valence-electron chi connectivity index (χ4n) is 1.88. The molecule has 2 aliphatic rings. The number of ether oxygens (including phenoxy) is 2. The number of rotatable bonds is 3. The van der Waals surface area contributed by atoms with Crippen molar-refractivity contribution >= 4 is 5.97 Å². The summed E-state index contributed by atoms with van der Waals surface area (Å²) in [7, 11) is 0. The SMILES string of the molecule is O=C(CN1CCNCC1)OC1CCOC1. The summed E-state index contributed by atoms with van der Waals surface area (Å²) in [4.78, 5) is 13.6. The summed E-state index contributed by atoms with van der Waals surface area (Å²) < 4.78 is 10.4. The van der Waals surface area contributed by atoms with Crippen molar-refractivity contribution < 1.29 is 14.3 Å². The molecule has 0 aromatic heterocycles. The molecule has 2 saturated heterocycles. The minimum Gasteiger partial charge on any atom is -0.459 e. The van der Waals surface area contributed by atoms with Gasteiger partial charge in [-0.1, -0.05) is 0 Å². The maximum Gasteiger partial charge on any atom is 0.320 e. The van der Waals surface area contributed by atoms with Gasteiger partial charge in [0.1, 0.15) is 6.10 Å². The van der Waals surface area contributed by atoms with Crippen LogP contribution in [0.15, 0.2) is 0 Å². The number of hydrogen-bond acceptors (Lipinski definition) is 5. The van der Waals surface area contributed by atoms with Gasteiger partial charge in [0.15, 0.2) is 0 Å². The number of hydrogen-bond donors (Lipinski definition) is 1. The first kappa shape index (κ1) is 10.9. The highest BCUT2D eigenvalue weighted by atomic mass is 16.6. The third-order valence-corrected chi connectivity index (χ3v) is 2.75. The van der Waals surface area contributed by atoms with E-state index in [1.54, 1.807) is 0 Å². The standard InChI is InChI=1S/C10H18N2O3/c13-10(15-9-1-6-14-8-9)7-12-4-2-11-3-5-12/h9,11H,1-8H2. The fourth-order valence-corrected chi connectivity index (χ4v) is 1.88. The Morgan fingerprint density at radius 2 is 2.27 bits per heavy atom. The first-order valence-electron chi connectivity index (χ1n) is 5.55. The van der Waals surface area contributed by atoms with Crippen LogP contribution >= 0.6 is 0 Å². The third-order valence-electron chi connectivity index (χ3n) is 2.75. The molecule has 86 valence electrons. The van der Waals surface area contributed by atoms with E-state index in [0.29, 0.717) is 19.8 Å². The van der Waals surface area contributed by atoms with Crippen LogP contribution in [0.3, 0.4) is 0 Å². The van der Waals surface area contributed by atoms with Crippen LogP contribution in [0.5, 0.6) is 0 Å². The van der Waals surface area contributed by atoms with Crippen molar-refractivity contribution in [1.82, 2.24) is 10.2 Å². The van der Waals surface area contributed by atoms with E-state index in [4.69, 9.17) is 9.47 Å². The minimum atomic E-state index is -0.118. The molecule has 0 radical (unpaired) electrons. The van der Waals surface area contributed by atoms with Crippen LogP contribution in [-0.4, -0.2) is 62.9 Å². The zero-order chi connectivity index (χ0) is 10.5. The molecule has 15 heavy (non-hydrogen) atoms. The van der Waals surface area contributed by atoms with Gasteiger partial charge in [0, 0.05) is 32.6 Å². The average molecular weight is 214 g/mol. The van der Waals surface area contributed by atoms with Crippen LogP contribution in [0.25, 0.3) is 0 Å². The molecule has 0 aromatic rings. The Morgan fingerprint density at radius 1 is 1.47 bits per heavy atom. The highest BCUT2D eigenvalue weighted by Crippen LogP contribution is 2.08. The number of carbonyl (C=O) groups excluding carboxylic acids is 1. The lowest BCUT2D eigenvalue weighted by atomic mass is 10.3. The quantitative estimate of drug-likeness (QED) is 0.625. The molecule has 0 amide bonds. The Labute approximate surface area is 89.7 Å². The summed E-state index contributed by atoms with van der Waals surface area (Å²) >= 11 is 0. The first-order chi connectivity index (χ1) is 7.34. The van der Waals surface area contributed by atoms with E-state index in [-0.39, 0.29) is 12.1 Å². The Hall–Kier alpha value is -0.650. The molecule has 1 N–H and O–H groups in total. The predicted molar refractivity (Wildman–Crippen MR) is 54.6 cm³/mol. The Balaban J connectivity index is 1.66.